The first-order chi connectivity index (χ1) is 13.7. The third-order valence-corrected chi connectivity index (χ3v) is 5.48. The number of cyclic esters (lactones) is 1. The summed E-state index contributed by atoms with van der Waals surface area (Å²) in [4.78, 5) is 28.0. The van der Waals surface area contributed by atoms with E-state index in [1.807, 2.05) is 41.3 Å². The second kappa shape index (κ2) is 8.40. The number of rotatable bonds is 5. The van der Waals surface area contributed by atoms with Crippen LogP contribution >= 0.6 is 0 Å². The van der Waals surface area contributed by atoms with E-state index in [-0.39, 0.29) is 18.3 Å². The zero-order chi connectivity index (χ0) is 19.3. The number of quaternary nitrogens is 1. The van der Waals surface area contributed by atoms with Crippen LogP contribution in [0.15, 0.2) is 60.7 Å². The molecule has 1 amide bonds. The van der Waals surface area contributed by atoms with Crippen LogP contribution in [0.5, 0.6) is 0 Å². The van der Waals surface area contributed by atoms with E-state index >= 15 is 0 Å². The summed E-state index contributed by atoms with van der Waals surface area (Å²) < 4.78 is 5.41. The van der Waals surface area contributed by atoms with Gasteiger partial charge >= 0.3 is 5.97 Å². The number of hydrogen-bond donors (Lipinski definition) is 1. The number of amides is 1. The van der Waals surface area contributed by atoms with Gasteiger partial charge in [-0.15, -0.1) is 0 Å². The smallest absolute Gasteiger partial charge is 0.339 e. The molecule has 0 bridgehead atoms. The lowest BCUT2D eigenvalue weighted by molar-refractivity contribution is -0.898. The largest absolute Gasteiger partial charge is 0.453 e. The van der Waals surface area contributed by atoms with Gasteiger partial charge in [0.15, 0.2) is 0 Å². The summed E-state index contributed by atoms with van der Waals surface area (Å²) in [5.74, 6) is -0.263. The van der Waals surface area contributed by atoms with Crippen molar-refractivity contribution in [2.45, 2.75) is 12.5 Å². The highest BCUT2D eigenvalue weighted by Gasteiger charge is 2.34. The number of fused-ring (bicyclic) bond motifs is 1. The molecule has 144 valence electrons. The Bertz CT molecular complexity index is 870. The average Bonchev–Trinajstić information content (AvgIpc) is 3.05. The molecule has 1 atom stereocenters. The third-order valence-electron chi connectivity index (χ3n) is 5.48. The maximum Gasteiger partial charge on any atom is 0.339 e. The van der Waals surface area contributed by atoms with Gasteiger partial charge in [-0.1, -0.05) is 54.6 Å². The molecular weight excluding hydrogens is 352 g/mol. The summed E-state index contributed by atoms with van der Waals surface area (Å²) >= 11 is 0. The molecule has 2 aliphatic rings. The van der Waals surface area contributed by atoms with Crippen molar-refractivity contribution in [3.8, 4) is 0 Å². The van der Waals surface area contributed by atoms with Crippen LogP contribution in [0.4, 0.5) is 0 Å². The molecule has 1 N–H and O–H groups in total. The van der Waals surface area contributed by atoms with Gasteiger partial charge in [0, 0.05) is 5.56 Å². The zero-order valence-corrected chi connectivity index (χ0v) is 15.8. The second-order valence-corrected chi connectivity index (χ2v) is 7.33. The number of piperazine rings is 1. The molecule has 2 aromatic carbocycles. The molecule has 1 saturated heterocycles. The first kappa shape index (κ1) is 18.4. The van der Waals surface area contributed by atoms with Gasteiger partial charge in [0.1, 0.15) is 6.10 Å². The minimum Gasteiger partial charge on any atom is -0.453 e. The van der Waals surface area contributed by atoms with Crippen molar-refractivity contribution >= 4 is 18.0 Å². The topological polar surface area (TPSA) is 51.1 Å². The molecule has 0 aliphatic carbocycles. The van der Waals surface area contributed by atoms with E-state index in [0.29, 0.717) is 5.56 Å². The Kier molecular flexibility index (Phi) is 5.53. The molecule has 0 unspecified atom stereocenters. The summed E-state index contributed by atoms with van der Waals surface area (Å²) in [6.07, 6.45) is 4.13. The van der Waals surface area contributed by atoms with Crippen molar-refractivity contribution in [1.29, 1.82) is 0 Å². The van der Waals surface area contributed by atoms with Crippen LogP contribution in [0, 0.1) is 0 Å². The molecule has 28 heavy (non-hydrogen) atoms. The van der Waals surface area contributed by atoms with E-state index in [2.05, 4.69) is 24.3 Å². The molecule has 2 aromatic rings. The molecule has 2 heterocycles. The van der Waals surface area contributed by atoms with E-state index in [4.69, 9.17) is 4.74 Å². The summed E-state index contributed by atoms with van der Waals surface area (Å²) in [6.45, 7) is 4.33. The van der Waals surface area contributed by atoms with E-state index in [9.17, 15) is 9.59 Å². The van der Waals surface area contributed by atoms with E-state index in [1.165, 1.54) is 10.5 Å². The predicted molar refractivity (Wildman–Crippen MR) is 107 cm³/mol. The van der Waals surface area contributed by atoms with E-state index in [0.717, 1.165) is 38.3 Å². The highest BCUT2D eigenvalue weighted by molar-refractivity contribution is 5.94. The maximum atomic E-state index is 12.7. The Labute approximate surface area is 165 Å². The van der Waals surface area contributed by atoms with Crippen LogP contribution in [0.1, 0.15) is 34.0 Å². The van der Waals surface area contributed by atoms with Crippen LogP contribution in [-0.2, 0) is 9.53 Å². The van der Waals surface area contributed by atoms with Gasteiger partial charge < -0.3 is 14.5 Å². The van der Waals surface area contributed by atoms with Crippen molar-refractivity contribution in [1.82, 2.24) is 4.90 Å². The summed E-state index contributed by atoms with van der Waals surface area (Å²) in [5, 5.41) is 0. The van der Waals surface area contributed by atoms with Crippen LogP contribution in [0.25, 0.3) is 6.08 Å². The number of esters is 1. The monoisotopic (exact) mass is 377 g/mol. The molecule has 0 radical (unpaired) electrons. The zero-order valence-electron chi connectivity index (χ0n) is 15.8. The fourth-order valence-electron chi connectivity index (χ4n) is 3.86. The predicted octanol–water partition coefficient (Wildman–Crippen LogP) is 1.73. The van der Waals surface area contributed by atoms with Gasteiger partial charge in [-0.3, -0.25) is 4.79 Å². The molecule has 0 saturated carbocycles. The second-order valence-electron chi connectivity index (χ2n) is 7.33. The maximum absolute atomic E-state index is 12.7. The highest BCUT2D eigenvalue weighted by Crippen LogP contribution is 2.33. The molecular formula is C23H25N2O3+. The van der Waals surface area contributed by atoms with Gasteiger partial charge in [0.05, 0.1) is 44.7 Å². The molecule has 0 spiro atoms. The first-order valence-electron chi connectivity index (χ1n) is 9.83. The Morgan fingerprint density at radius 3 is 2.57 bits per heavy atom. The van der Waals surface area contributed by atoms with E-state index < -0.39 is 6.10 Å². The quantitative estimate of drug-likeness (QED) is 0.808. The Balaban J connectivity index is 1.26. The Hall–Kier alpha value is -2.92. The van der Waals surface area contributed by atoms with Crippen LogP contribution in [0.3, 0.4) is 0 Å². The average molecular weight is 377 g/mol. The highest BCUT2D eigenvalue weighted by atomic mass is 16.5. The molecule has 1 fully saturated rings. The van der Waals surface area contributed by atoms with Crippen molar-refractivity contribution in [3.05, 3.63) is 77.4 Å². The molecule has 0 aromatic heterocycles. The fraction of sp³-hybridized carbons (Fsp3) is 0.304. The Morgan fingerprint density at radius 2 is 1.79 bits per heavy atom. The summed E-state index contributed by atoms with van der Waals surface area (Å²) in [7, 11) is 0. The molecule has 4 rings (SSSR count). The standard InChI is InChI=1S/C23H24N2O3/c26-22(17-21-19-10-4-5-11-20(19)23(27)28-21)25-15-13-24(14-16-25)12-6-9-18-7-2-1-3-8-18/h1-11,21H,12-17H2/p+1/b9-6+/t21-/m0/s1. The number of nitrogens with one attached hydrogen (secondary N) is 1. The normalized spacial score (nSPS) is 19.6. The number of benzene rings is 2. The van der Waals surface area contributed by atoms with Crippen LogP contribution in [0.2, 0.25) is 0 Å². The number of carbonyl (C=O) groups excluding carboxylic acids is 2. The Morgan fingerprint density at radius 1 is 1.07 bits per heavy atom. The van der Waals surface area contributed by atoms with Gasteiger partial charge in [0.2, 0.25) is 5.91 Å². The van der Waals surface area contributed by atoms with Crippen LogP contribution in [-0.4, -0.2) is 49.5 Å². The van der Waals surface area contributed by atoms with Crippen LogP contribution < -0.4 is 4.90 Å². The van der Waals surface area contributed by atoms with Crippen molar-refractivity contribution in [3.63, 3.8) is 0 Å². The number of hydrogen-bond acceptors (Lipinski definition) is 3. The van der Waals surface area contributed by atoms with Crippen molar-refractivity contribution in [2.24, 2.45) is 0 Å². The van der Waals surface area contributed by atoms with E-state index in [1.54, 1.807) is 6.07 Å². The lowest BCUT2D eigenvalue weighted by Gasteiger charge is -2.32. The lowest BCUT2D eigenvalue weighted by Crippen LogP contribution is -3.14. The number of ether oxygens (including phenoxy) is 1. The molecule has 5 nitrogen and oxygen atoms in total. The fourth-order valence-corrected chi connectivity index (χ4v) is 3.86. The van der Waals surface area contributed by atoms with Gasteiger partial charge in [-0.05, 0) is 17.7 Å². The lowest BCUT2D eigenvalue weighted by atomic mass is 10.0. The third kappa shape index (κ3) is 4.15. The summed E-state index contributed by atoms with van der Waals surface area (Å²) in [6, 6.07) is 17.6. The minimum atomic E-state index is -0.449. The number of nitrogens with zero attached hydrogens (tertiary/aromatic N) is 1. The molecule has 2 aliphatic heterocycles. The van der Waals surface area contributed by atoms with Gasteiger partial charge in [0.25, 0.3) is 0 Å². The van der Waals surface area contributed by atoms with Crippen molar-refractivity contribution in [2.75, 3.05) is 32.7 Å². The van der Waals surface area contributed by atoms with Gasteiger partial charge in [-0.2, -0.15) is 0 Å². The van der Waals surface area contributed by atoms with Crippen molar-refractivity contribution < 1.29 is 19.2 Å². The SMILES string of the molecule is O=C1O[C@@H](CC(=O)N2CC[NH+](C/C=C/c3ccccc3)CC2)c2ccccc21. The summed E-state index contributed by atoms with van der Waals surface area (Å²) in [5.41, 5.74) is 2.62. The first-order valence-corrected chi connectivity index (χ1v) is 9.83. The van der Waals surface area contributed by atoms with Gasteiger partial charge in [-0.25, -0.2) is 4.79 Å². The minimum absolute atomic E-state index is 0.0633. The molecule has 5 heteroatoms. The number of carbonyl (C=O) groups is 2.